The minimum absolute atomic E-state index is 0.0989. The molecular formula is C26H40N4O2. The van der Waals surface area contributed by atoms with Crippen molar-refractivity contribution in [1.29, 1.82) is 0 Å². The van der Waals surface area contributed by atoms with Crippen LogP contribution in [0.2, 0.25) is 0 Å². The molecule has 1 unspecified atom stereocenters. The van der Waals surface area contributed by atoms with Gasteiger partial charge in [0.15, 0.2) is 6.23 Å². The van der Waals surface area contributed by atoms with Gasteiger partial charge in [-0.25, -0.2) is 0 Å². The van der Waals surface area contributed by atoms with E-state index in [4.69, 9.17) is 4.74 Å². The van der Waals surface area contributed by atoms with E-state index in [0.29, 0.717) is 0 Å². The molecule has 3 heterocycles. The maximum atomic E-state index is 12.6. The topological polar surface area (TPSA) is 56.8 Å². The fraction of sp³-hybridized carbons (Fsp3) is 0.654. The predicted molar refractivity (Wildman–Crippen MR) is 128 cm³/mol. The number of ether oxygens (including phenoxy) is 1. The maximum absolute atomic E-state index is 12.6. The molecule has 0 spiro atoms. The van der Waals surface area contributed by atoms with Crippen LogP contribution < -0.4 is 10.6 Å². The van der Waals surface area contributed by atoms with Crippen LogP contribution in [-0.4, -0.2) is 61.5 Å². The molecule has 3 aliphatic heterocycles. The van der Waals surface area contributed by atoms with E-state index in [1.807, 2.05) is 6.92 Å². The van der Waals surface area contributed by atoms with E-state index in [-0.39, 0.29) is 18.1 Å². The molecular weight excluding hydrogens is 400 g/mol. The summed E-state index contributed by atoms with van der Waals surface area (Å²) >= 11 is 0. The second-order valence-corrected chi connectivity index (χ2v) is 9.69. The number of allylic oxidation sites excluding steroid dienone is 1. The zero-order valence-electron chi connectivity index (χ0n) is 19.9. The highest BCUT2D eigenvalue weighted by Gasteiger charge is 2.28. The van der Waals surface area contributed by atoms with Gasteiger partial charge in [-0.2, -0.15) is 0 Å². The first-order valence-electron chi connectivity index (χ1n) is 12.5. The Labute approximate surface area is 193 Å². The molecule has 0 saturated carbocycles. The molecule has 0 radical (unpaired) electrons. The molecule has 0 aromatic heterocycles. The molecule has 6 heteroatoms. The lowest BCUT2D eigenvalue weighted by atomic mass is 9.95. The molecule has 3 aliphatic rings. The lowest BCUT2D eigenvalue weighted by molar-refractivity contribution is -0.126. The highest BCUT2D eigenvalue weighted by Crippen LogP contribution is 2.28. The minimum atomic E-state index is -0.0989. The van der Waals surface area contributed by atoms with Gasteiger partial charge in [0.05, 0.1) is 5.70 Å². The Morgan fingerprint density at radius 1 is 1.09 bits per heavy atom. The SMILES string of the molecule is CC1=C(CN2CCC(C(=O)NCCCN3CCCCC3)CC2)NC(c2cccc(C)c2)O1. The van der Waals surface area contributed by atoms with Crippen LogP contribution in [0.3, 0.4) is 0 Å². The van der Waals surface area contributed by atoms with E-state index in [0.717, 1.165) is 69.0 Å². The van der Waals surface area contributed by atoms with E-state index in [1.165, 1.54) is 37.9 Å². The number of amides is 1. The van der Waals surface area contributed by atoms with Crippen molar-refractivity contribution in [2.24, 2.45) is 5.92 Å². The van der Waals surface area contributed by atoms with Gasteiger partial charge in [0.1, 0.15) is 5.76 Å². The zero-order chi connectivity index (χ0) is 22.3. The standard InChI is InChI=1S/C26H40N4O2/c1-20-8-6-9-23(18-20)26-28-24(21(2)32-26)19-30-16-10-22(11-17-30)25(31)27-12-7-15-29-13-4-3-5-14-29/h6,8-9,18,22,26,28H,3-5,7,10-17,19H2,1-2H3,(H,27,31). The molecule has 4 rings (SSSR count). The number of carbonyl (C=O) groups is 1. The second kappa shape index (κ2) is 11.2. The smallest absolute Gasteiger partial charge is 0.223 e. The molecule has 1 atom stereocenters. The van der Waals surface area contributed by atoms with Crippen LogP contribution in [0.5, 0.6) is 0 Å². The van der Waals surface area contributed by atoms with Crippen molar-refractivity contribution in [2.75, 3.05) is 45.8 Å². The van der Waals surface area contributed by atoms with Gasteiger partial charge in [0.25, 0.3) is 0 Å². The van der Waals surface area contributed by atoms with Crippen molar-refractivity contribution in [3.05, 3.63) is 46.8 Å². The third-order valence-corrected chi connectivity index (χ3v) is 7.11. The van der Waals surface area contributed by atoms with E-state index in [2.05, 4.69) is 51.6 Å². The van der Waals surface area contributed by atoms with Gasteiger partial charge in [-0.3, -0.25) is 9.69 Å². The summed E-state index contributed by atoms with van der Waals surface area (Å²) in [5, 5.41) is 6.75. The number of nitrogens with zero attached hydrogens (tertiary/aromatic N) is 2. The molecule has 1 amide bonds. The Bertz CT molecular complexity index is 795. The predicted octanol–water partition coefficient (Wildman–Crippen LogP) is 3.55. The third kappa shape index (κ3) is 6.26. The quantitative estimate of drug-likeness (QED) is 0.606. The van der Waals surface area contributed by atoms with E-state index < -0.39 is 0 Å². The Morgan fingerprint density at radius 2 is 1.88 bits per heavy atom. The molecule has 176 valence electrons. The fourth-order valence-electron chi connectivity index (χ4n) is 5.10. The number of hydrogen-bond acceptors (Lipinski definition) is 5. The van der Waals surface area contributed by atoms with Crippen LogP contribution in [0.25, 0.3) is 0 Å². The number of piperidine rings is 2. The minimum Gasteiger partial charge on any atom is -0.469 e. The highest BCUT2D eigenvalue weighted by atomic mass is 16.5. The fourth-order valence-corrected chi connectivity index (χ4v) is 5.10. The summed E-state index contributed by atoms with van der Waals surface area (Å²) in [5.74, 6) is 1.38. The second-order valence-electron chi connectivity index (χ2n) is 9.69. The van der Waals surface area contributed by atoms with Gasteiger partial charge < -0.3 is 20.3 Å². The average molecular weight is 441 g/mol. The Morgan fingerprint density at radius 3 is 2.62 bits per heavy atom. The highest BCUT2D eigenvalue weighted by molar-refractivity contribution is 5.78. The van der Waals surface area contributed by atoms with Gasteiger partial charge in [-0.05, 0) is 78.7 Å². The van der Waals surface area contributed by atoms with E-state index in [1.54, 1.807) is 0 Å². The average Bonchev–Trinajstić information content (AvgIpc) is 3.18. The molecule has 32 heavy (non-hydrogen) atoms. The molecule has 2 saturated heterocycles. The van der Waals surface area contributed by atoms with Crippen molar-refractivity contribution in [2.45, 2.75) is 58.6 Å². The van der Waals surface area contributed by atoms with Crippen LogP contribution >= 0.6 is 0 Å². The number of aryl methyl sites for hydroxylation is 1. The van der Waals surface area contributed by atoms with Gasteiger partial charge in [0.2, 0.25) is 5.91 Å². The third-order valence-electron chi connectivity index (χ3n) is 7.11. The molecule has 2 fully saturated rings. The summed E-state index contributed by atoms with van der Waals surface area (Å²) in [6.45, 7) is 11.3. The Kier molecular flexibility index (Phi) is 8.09. The van der Waals surface area contributed by atoms with Crippen LogP contribution in [0.15, 0.2) is 35.7 Å². The first-order valence-corrected chi connectivity index (χ1v) is 12.5. The normalized spacial score (nSPS) is 23.1. The summed E-state index contributed by atoms with van der Waals surface area (Å²) in [6, 6.07) is 8.46. The Hall–Kier alpha value is -2.05. The van der Waals surface area contributed by atoms with E-state index in [9.17, 15) is 4.79 Å². The summed E-state index contributed by atoms with van der Waals surface area (Å²) in [7, 11) is 0. The Balaban J connectivity index is 1.14. The van der Waals surface area contributed by atoms with Crippen molar-refractivity contribution >= 4 is 5.91 Å². The van der Waals surface area contributed by atoms with Crippen molar-refractivity contribution in [3.8, 4) is 0 Å². The number of likely N-dealkylation sites (tertiary alicyclic amines) is 2. The first kappa shape index (κ1) is 23.1. The molecule has 0 bridgehead atoms. The molecule has 1 aromatic rings. The van der Waals surface area contributed by atoms with Crippen molar-refractivity contribution in [3.63, 3.8) is 0 Å². The van der Waals surface area contributed by atoms with E-state index >= 15 is 0 Å². The van der Waals surface area contributed by atoms with Crippen LogP contribution in [0, 0.1) is 12.8 Å². The first-order chi connectivity index (χ1) is 15.6. The van der Waals surface area contributed by atoms with Gasteiger partial charge >= 0.3 is 0 Å². The van der Waals surface area contributed by atoms with Crippen molar-refractivity contribution in [1.82, 2.24) is 20.4 Å². The van der Waals surface area contributed by atoms with Gasteiger partial charge in [-0.15, -0.1) is 0 Å². The molecule has 1 aromatic carbocycles. The van der Waals surface area contributed by atoms with Crippen LogP contribution in [0.4, 0.5) is 0 Å². The lowest BCUT2D eigenvalue weighted by Crippen LogP contribution is -2.42. The summed E-state index contributed by atoms with van der Waals surface area (Å²) in [4.78, 5) is 17.6. The molecule has 0 aliphatic carbocycles. The summed E-state index contributed by atoms with van der Waals surface area (Å²) in [6.07, 6.45) is 6.87. The zero-order valence-corrected chi connectivity index (χ0v) is 19.9. The van der Waals surface area contributed by atoms with Crippen molar-refractivity contribution < 1.29 is 9.53 Å². The maximum Gasteiger partial charge on any atom is 0.223 e. The summed E-state index contributed by atoms with van der Waals surface area (Å²) < 4.78 is 6.09. The summed E-state index contributed by atoms with van der Waals surface area (Å²) in [5.41, 5.74) is 3.57. The number of carbonyl (C=O) groups excluding carboxylic acids is 1. The van der Waals surface area contributed by atoms with Gasteiger partial charge in [-0.1, -0.05) is 36.2 Å². The monoisotopic (exact) mass is 440 g/mol. The van der Waals surface area contributed by atoms with Crippen LogP contribution in [-0.2, 0) is 9.53 Å². The largest absolute Gasteiger partial charge is 0.469 e. The lowest BCUT2D eigenvalue weighted by Gasteiger charge is -2.31. The number of benzene rings is 1. The number of hydrogen-bond donors (Lipinski definition) is 2. The molecule has 2 N–H and O–H groups in total. The molecule has 6 nitrogen and oxygen atoms in total. The number of rotatable bonds is 8. The number of nitrogens with one attached hydrogen (secondary N) is 2. The van der Waals surface area contributed by atoms with Gasteiger partial charge in [0, 0.05) is 24.6 Å². The van der Waals surface area contributed by atoms with Crippen LogP contribution in [0.1, 0.15) is 62.8 Å².